The van der Waals surface area contributed by atoms with Gasteiger partial charge in [0, 0.05) is 19.0 Å². The number of hydrogen-bond acceptors (Lipinski definition) is 3. The van der Waals surface area contributed by atoms with E-state index in [4.69, 9.17) is 11.5 Å². The maximum atomic E-state index is 11.9. The molecule has 1 aliphatic carbocycles. The molecule has 0 bridgehead atoms. The summed E-state index contributed by atoms with van der Waals surface area (Å²) in [5.41, 5.74) is 10.5. The lowest BCUT2D eigenvalue weighted by Gasteiger charge is -2.28. The number of nitrogens with one attached hydrogen (secondary N) is 2. The Morgan fingerprint density at radius 1 is 1.17 bits per heavy atom. The molecule has 6 nitrogen and oxygen atoms in total. The van der Waals surface area contributed by atoms with E-state index in [-0.39, 0.29) is 11.8 Å². The first kappa shape index (κ1) is 14.8. The normalized spacial score (nSPS) is 23.4. The summed E-state index contributed by atoms with van der Waals surface area (Å²) in [6.07, 6.45) is 5.18. The molecule has 6 N–H and O–H groups in total. The number of rotatable bonds is 6. The summed E-state index contributed by atoms with van der Waals surface area (Å²) in [5, 5.41) is 5.27. The van der Waals surface area contributed by atoms with Crippen molar-refractivity contribution in [2.24, 2.45) is 23.3 Å². The van der Waals surface area contributed by atoms with E-state index in [2.05, 4.69) is 10.6 Å². The van der Waals surface area contributed by atoms with Gasteiger partial charge < -0.3 is 22.1 Å². The van der Waals surface area contributed by atoms with Gasteiger partial charge in [-0.05, 0) is 31.7 Å². The molecule has 18 heavy (non-hydrogen) atoms. The average molecular weight is 256 g/mol. The molecular weight excluding hydrogens is 232 g/mol. The SMILES string of the molecule is NCCC1CCCC(C(=O)NCCNC(N)=O)C1. The third kappa shape index (κ3) is 5.35. The van der Waals surface area contributed by atoms with Crippen molar-refractivity contribution in [1.82, 2.24) is 10.6 Å². The first-order valence-electron chi connectivity index (χ1n) is 6.64. The highest BCUT2D eigenvalue weighted by Crippen LogP contribution is 2.30. The summed E-state index contributed by atoms with van der Waals surface area (Å²) in [6.45, 7) is 1.50. The van der Waals surface area contributed by atoms with E-state index >= 15 is 0 Å². The van der Waals surface area contributed by atoms with Gasteiger partial charge in [0.25, 0.3) is 0 Å². The third-order valence-corrected chi connectivity index (χ3v) is 3.45. The maximum absolute atomic E-state index is 11.9. The Bertz CT molecular complexity index is 281. The van der Waals surface area contributed by atoms with Gasteiger partial charge in [0.15, 0.2) is 0 Å². The van der Waals surface area contributed by atoms with Crippen molar-refractivity contribution in [2.45, 2.75) is 32.1 Å². The van der Waals surface area contributed by atoms with Gasteiger partial charge in [0.1, 0.15) is 0 Å². The van der Waals surface area contributed by atoms with E-state index in [1.54, 1.807) is 0 Å². The minimum absolute atomic E-state index is 0.0861. The van der Waals surface area contributed by atoms with E-state index in [1.807, 2.05) is 0 Å². The first-order chi connectivity index (χ1) is 8.63. The molecule has 6 heteroatoms. The fourth-order valence-electron chi connectivity index (χ4n) is 2.54. The van der Waals surface area contributed by atoms with Gasteiger partial charge >= 0.3 is 6.03 Å². The highest BCUT2D eigenvalue weighted by Gasteiger charge is 2.26. The number of urea groups is 1. The summed E-state index contributed by atoms with van der Waals surface area (Å²) in [4.78, 5) is 22.4. The molecule has 0 aromatic carbocycles. The molecule has 0 aromatic rings. The van der Waals surface area contributed by atoms with E-state index in [1.165, 1.54) is 6.42 Å². The molecule has 1 fully saturated rings. The highest BCUT2D eigenvalue weighted by molar-refractivity contribution is 5.78. The maximum Gasteiger partial charge on any atom is 0.312 e. The van der Waals surface area contributed by atoms with Crippen molar-refractivity contribution >= 4 is 11.9 Å². The first-order valence-corrected chi connectivity index (χ1v) is 6.64. The van der Waals surface area contributed by atoms with Gasteiger partial charge in [0.05, 0.1) is 0 Å². The topological polar surface area (TPSA) is 110 Å². The Morgan fingerprint density at radius 2 is 1.89 bits per heavy atom. The molecule has 1 aliphatic rings. The average Bonchev–Trinajstić information content (AvgIpc) is 2.35. The Balaban J connectivity index is 2.21. The fourth-order valence-corrected chi connectivity index (χ4v) is 2.54. The van der Waals surface area contributed by atoms with Gasteiger partial charge in [-0.2, -0.15) is 0 Å². The van der Waals surface area contributed by atoms with Crippen LogP contribution in [0.2, 0.25) is 0 Å². The standard InChI is InChI=1S/C12H24N4O2/c13-5-4-9-2-1-3-10(8-9)11(17)15-6-7-16-12(14)18/h9-10H,1-8,13H2,(H,15,17)(H3,14,16,18). The zero-order valence-corrected chi connectivity index (χ0v) is 10.8. The Kier molecular flexibility index (Phi) is 6.49. The molecule has 2 unspecified atom stereocenters. The van der Waals surface area contributed by atoms with E-state index in [9.17, 15) is 9.59 Å². The number of carbonyl (C=O) groups excluding carboxylic acids is 2. The van der Waals surface area contributed by atoms with Gasteiger partial charge in [-0.25, -0.2) is 4.79 Å². The molecule has 3 amide bonds. The van der Waals surface area contributed by atoms with Crippen molar-refractivity contribution in [3.05, 3.63) is 0 Å². The van der Waals surface area contributed by atoms with Gasteiger partial charge in [-0.15, -0.1) is 0 Å². The molecule has 1 saturated carbocycles. The molecule has 1 rings (SSSR count). The Labute approximate surface area is 108 Å². The summed E-state index contributed by atoms with van der Waals surface area (Å²) in [6, 6.07) is -0.565. The second-order valence-corrected chi connectivity index (χ2v) is 4.89. The Morgan fingerprint density at radius 3 is 2.56 bits per heavy atom. The molecule has 0 radical (unpaired) electrons. The molecule has 0 heterocycles. The molecule has 104 valence electrons. The van der Waals surface area contributed by atoms with E-state index in [0.717, 1.165) is 25.7 Å². The van der Waals surface area contributed by atoms with Crippen molar-refractivity contribution in [1.29, 1.82) is 0 Å². The van der Waals surface area contributed by atoms with Crippen LogP contribution in [-0.4, -0.2) is 31.6 Å². The van der Waals surface area contributed by atoms with E-state index in [0.29, 0.717) is 25.6 Å². The van der Waals surface area contributed by atoms with Crippen LogP contribution in [0, 0.1) is 11.8 Å². The fraction of sp³-hybridized carbons (Fsp3) is 0.833. The van der Waals surface area contributed by atoms with Gasteiger partial charge in [-0.1, -0.05) is 12.8 Å². The summed E-state index contributed by atoms with van der Waals surface area (Å²) in [7, 11) is 0. The lowest BCUT2D eigenvalue weighted by Crippen LogP contribution is -2.40. The van der Waals surface area contributed by atoms with Crippen molar-refractivity contribution < 1.29 is 9.59 Å². The predicted octanol–water partition coefficient (Wildman–Crippen LogP) is -0.0739. The Hall–Kier alpha value is -1.30. The van der Waals surface area contributed by atoms with E-state index < -0.39 is 6.03 Å². The van der Waals surface area contributed by atoms with Crippen LogP contribution in [0.25, 0.3) is 0 Å². The van der Waals surface area contributed by atoms with Crippen LogP contribution < -0.4 is 22.1 Å². The molecule has 0 aromatic heterocycles. The van der Waals surface area contributed by atoms with Crippen molar-refractivity contribution in [2.75, 3.05) is 19.6 Å². The van der Waals surface area contributed by atoms with Crippen molar-refractivity contribution in [3.63, 3.8) is 0 Å². The number of primary amides is 1. The number of amides is 3. The van der Waals surface area contributed by atoms with Gasteiger partial charge in [-0.3, -0.25) is 4.79 Å². The minimum atomic E-state index is -0.565. The molecular formula is C12H24N4O2. The van der Waals surface area contributed by atoms with Crippen LogP contribution in [0.4, 0.5) is 4.79 Å². The zero-order chi connectivity index (χ0) is 13.4. The van der Waals surface area contributed by atoms with Crippen LogP contribution in [0.3, 0.4) is 0 Å². The summed E-state index contributed by atoms with van der Waals surface area (Å²) >= 11 is 0. The highest BCUT2D eigenvalue weighted by atomic mass is 16.2. The summed E-state index contributed by atoms with van der Waals surface area (Å²) < 4.78 is 0. The summed E-state index contributed by atoms with van der Waals surface area (Å²) in [5.74, 6) is 0.773. The quantitative estimate of drug-likeness (QED) is 0.499. The number of carbonyl (C=O) groups is 2. The number of nitrogens with two attached hydrogens (primary N) is 2. The monoisotopic (exact) mass is 256 g/mol. The smallest absolute Gasteiger partial charge is 0.312 e. The minimum Gasteiger partial charge on any atom is -0.354 e. The second kappa shape index (κ2) is 7.92. The van der Waals surface area contributed by atoms with Crippen molar-refractivity contribution in [3.8, 4) is 0 Å². The van der Waals surface area contributed by atoms with Gasteiger partial charge in [0.2, 0.25) is 5.91 Å². The molecule has 2 atom stereocenters. The largest absolute Gasteiger partial charge is 0.354 e. The number of hydrogen-bond donors (Lipinski definition) is 4. The molecule has 0 aliphatic heterocycles. The lowest BCUT2D eigenvalue weighted by molar-refractivity contribution is -0.126. The van der Waals surface area contributed by atoms with Crippen LogP contribution >= 0.6 is 0 Å². The van der Waals surface area contributed by atoms with Crippen LogP contribution in [0.1, 0.15) is 32.1 Å². The molecule has 0 spiro atoms. The molecule has 0 saturated heterocycles. The second-order valence-electron chi connectivity index (χ2n) is 4.89. The zero-order valence-electron chi connectivity index (χ0n) is 10.8. The van der Waals surface area contributed by atoms with Crippen LogP contribution in [-0.2, 0) is 4.79 Å². The lowest BCUT2D eigenvalue weighted by atomic mass is 9.79. The third-order valence-electron chi connectivity index (χ3n) is 3.45. The van der Waals surface area contributed by atoms with Crippen LogP contribution in [0.15, 0.2) is 0 Å². The van der Waals surface area contributed by atoms with Crippen LogP contribution in [0.5, 0.6) is 0 Å². The predicted molar refractivity (Wildman–Crippen MR) is 69.7 cm³/mol.